The maximum atomic E-state index is 13.9. The lowest BCUT2D eigenvalue weighted by molar-refractivity contribution is 0.0702. The van der Waals surface area contributed by atoms with Crippen molar-refractivity contribution in [2.24, 2.45) is 0 Å². The van der Waals surface area contributed by atoms with Crippen LogP contribution < -0.4 is 0 Å². The zero-order chi connectivity index (χ0) is 20.6. The number of thiazole rings is 1. The lowest BCUT2D eigenvalue weighted by atomic mass is 10.2. The highest BCUT2D eigenvalue weighted by atomic mass is 35.5. The molecule has 1 saturated heterocycles. The van der Waals surface area contributed by atoms with Gasteiger partial charge >= 0.3 is 0 Å². The summed E-state index contributed by atoms with van der Waals surface area (Å²) in [5.74, 6) is -0.630. The van der Waals surface area contributed by atoms with Crippen LogP contribution in [0.5, 0.6) is 0 Å². The molecule has 0 N–H and O–H groups in total. The van der Waals surface area contributed by atoms with Gasteiger partial charge in [-0.25, -0.2) is 17.8 Å². The molecule has 0 saturated carbocycles. The van der Waals surface area contributed by atoms with E-state index in [1.54, 1.807) is 29.2 Å². The third-order valence-corrected chi connectivity index (χ3v) is 9.11. The molecule has 1 aromatic carbocycles. The van der Waals surface area contributed by atoms with Crippen molar-refractivity contribution in [1.82, 2.24) is 14.2 Å². The van der Waals surface area contributed by atoms with E-state index >= 15 is 0 Å². The van der Waals surface area contributed by atoms with E-state index < -0.39 is 15.8 Å². The van der Waals surface area contributed by atoms with E-state index in [0.717, 1.165) is 22.7 Å². The summed E-state index contributed by atoms with van der Waals surface area (Å²) in [6.07, 6.45) is 1.44. The Morgan fingerprint density at radius 3 is 2.45 bits per heavy atom. The van der Waals surface area contributed by atoms with Gasteiger partial charge in [0.2, 0.25) is 0 Å². The molecule has 1 amide bonds. The van der Waals surface area contributed by atoms with E-state index in [1.807, 2.05) is 0 Å². The number of benzene rings is 1. The van der Waals surface area contributed by atoms with Crippen molar-refractivity contribution >= 4 is 50.2 Å². The summed E-state index contributed by atoms with van der Waals surface area (Å²) in [4.78, 5) is 18.9. The average Bonchev–Trinajstić information content (AvgIpc) is 3.38. The van der Waals surface area contributed by atoms with Crippen LogP contribution in [-0.2, 0) is 10.0 Å². The molecule has 0 atom stereocenters. The Morgan fingerprint density at radius 2 is 1.79 bits per heavy atom. The van der Waals surface area contributed by atoms with Crippen LogP contribution in [0.2, 0.25) is 4.34 Å². The number of halogens is 2. The number of hydrogen-bond donors (Lipinski definition) is 0. The molecule has 2 aromatic heterocycles. The number of piperazine rings is 1. The predicted octanol–water partition coefficient (Wildman–Crippen LogP) is 3.81. The van der Waals surface area contributed by atoms with Crippen molar-refractivity contribution < 1.29 is 17.6 Å². The van der Waals surface area contributed by atoms with Crippen molar-refractivity contribution in [2.75, 3.05) is 26.2 Å². The molecule has 0 unspecified atom stereocenters. The molecular weight excluding hydrogens is 457 g/mol. The number of aromatic nitrogens is 1. The van der Waals surface area contributed by atoms with Gasteiger partial charge in [-0.1, -0.05) is 23.7 Å². The van der Waals surface area contributed by atoms with Crippen molar-refractivity contribution in [3.05, 3.63) is 57.6 Å². The molecule has 0 aliphatic carbocycles. The molecule has 3 heterocycles. The normalized spacial score (nSPS) is 15.6. The van der Waals surface area contributed by atoms with Gasteiger partial charge in [0.05, 0.1) is 10.5 Å². The Kier molecular flexibility index (Phi) is 5.71. The maximum absolute atomic E-state index is 13.9. The number of hydrogen-bond acceptors (Lipinski definition) is 6. The summed E-state index contributed by atoms with van der Waals surface area (Å²) >= 11 is 7.98. The molecule has 1 fully saturated rings. The van der Waals surface area contributed by atoms with E-state index in [0.29, 0.717) is 19.8 Å². The van der Waals surface area contributed by atoms with Crippen molar-refractivity contribution in [2.45, 2.75) is 4.21 Å². The van der Waals surface area contributed by atoms with Gasteiger partial charge in [0.1, 0.15) is 19.9 Å². The first-order valence-electron chi connectivity index (χ1n) is 8.62. The number of carbonyl (C=O) groups is 1. The van der Waals surface area contributed by atoms with E-state index in [4.69, 9.17) is 11.6 Å². The summed E-state index contributed by atoms with van der Waals surface area (Å²) in [5, 5.41) is 0.433. The van der Waals surface area contributed by atoms with Crippen LogP contribution >= 0.6 is 34.3 Å². The molecule has 1 aliphatic heterocycles. The topological polar surface area (TPSA) is 70.6 Å². The van der Waals surface area contributed by atoms with Crippen molar-refractivity contribution in [1.29, 1.82) is 0 Å². The minimum absolute atomic E-state index is 0.194. The third kappa shape index (κ3) is 4.08. The van der Waals surface area contributed by atoms with E-state index in [9.17, 15) is 17.6 Å². The first-order chi connectivity index (χ1) is 13.9. The average molecular weight is 472 g/mol. The number of amides is 1. The van der Waals surface area contributed by atoms with Gasteiger partial charge in [0, 0.05) is 31.7 Å². The van der Waals surface area contributed by atoms with Gasteiger partial charge in [-0.05, 0) is 24.3 Å². The molecule has 4 rings (SSSR count). The molecule has 0 bridgehead atoms. The first kappa shape index (κ1) is 20.4. The van der Waals surface area contributed by atoms with Gasteiger partial charge in [0.25, 0.3) is 15.9 Å². The molecule has 152 valence electrons. The van der Waals surface area contributed by atoms with Crippen molar-refractivity contribution in [3.63, 3.8) is 0 Å². The highest BCUT2D eigenvalue weighted by molar-refractivity contribution is 7.91. The van der Waals surface area contributed by atoms with Crippen LogP contribution in [-0.4, -0.2) is 54.7 Å². The molecule has 29 heavy (non-hydrogen) atoms. The largest absolute Gasteiger partial charge is 0.335 e. The highest BCUT2D eigenvalue weighted by Gasteiger charge is 2.32. The quantitative estimate of drug-likeness (QED) is 0.580. The zero-order valence-electron chi connectivity index (χ0n) is 14.9. The fraction of sp³-hybridized carbons (Fsp3) is 0.222. The van der Waals surface area contributed by atoms with E-state index in [1.165, 1.54) is 22.6 Å². The fourth-order valence-corrected chi connectivity index (χ4v) is 6.95. The van der Waals surface area contributed by atoms with Gasteiger partial charge in [-0.3, -0.25) is 4.79 Å². The van der Waals surface area contributed by atoms with E-state index in [-0.39, 0.29) is 36.3 Å². The molecule has 1 aliphatic rings. The predicted molar refractivity (Wildman–Crippen MR) is 111 cm³/mol. The van der Waals surface area contributed by atoms with Crippen molar-refractivity contribution in [3.8, 4) is 10.6 Å². The molecular formula is C18H15ClFN3O3S3. The monoisotopic (exact) mass is 471 g/mol. The van der Waals surface area contributed by atoms with Gasteiger partial charge in [-0.15, -0.1) is 22.7 Å². The lowest BCUT2D eigenvalue weighted by Gasteiger charge is -2.33. The second kappa shape index (κ2) is 8.11. The van der Waals surface area contributed by atoms with Crippen LogP contribution in [0.25, 0.3) is 10.6 Å². The summed E-state index contributed by atoms with van der Waals surface area (Å²) in [6, 6.07) is 9.30. The van der Waals surface area contributed by atoms with Crippen LogP contribution in [0.15, 0.2) is 46.8 Å². The summed E-state index contributed by atoms with van der Waals surface area (Å²) < 4.78 is 41.2. The zero-order valence-corrected chi connectivity index (χ0v) is 18.1. The molecule has 11 heteroatoms. The van der Waals surface area contributed by atoms with Crippen LogP contribution in [0.3, 0.4) is 0 Å². The van der Waals surface area contributed by atoms with Gasteiger partial charge in [0.15, 0.2) is 0 Å². The number of carbonyl (C=O) groups excluding carboxylic acids is 1. The Balaban J connectivity index is 1.44. The number of nitrogens with zero attached hydrogens (tertiary/aromatic N) is 3. The lowest BCUT2D eigenvalue weighted by Crippen LogP contribution is -2.50. The standard InChI is InChI=1S/C18H15ClFN3O3S3/c19-15-5-6-16(28-15)29(25,26)23-9-7-22(8-10-23)18(24)14-11-21-17(27-14)12-3-1-2-4-13(12)20/h1-6,11H,7-10H2. The van der Waals surface area contributed by atoms with Crippen LogP contribution in [0.4, 0.5) is 4.39 Å². The highest BCUT2D eigenvalue weighted by Crippen LogP contribution is 2.30. The third-order valence-electron chi connectivity index (χ3n) is 4.49. The summed E-state index contributed by atoms with van der Waals surface area (Å²) in [7, 11) is -3.61. The second-order valence-electron chi connectivity index (χ2n) is 6.26. The van der Waals surface area contributed by atoms with Gasteiger partial charge in [-0.2, -0.15) is 4.31 Å². The fourth-order valence-electron chi connectivity index (χ4n) is 2.98. The molecule has 0 spiro atoms. The molecule has 6 nitrogen and oxygen atoms in total. The Hall–Kier alpha value is -1.85. The van der Waals surface area contributed by atoms with Crippen LogP contribution in [0.1, 0.15) is 9.67 Å². The number of sulfonamides is 1. The second-order valence-corrected chi connectivity index (χ2v) is 11.2. The minimum atomic E-state index is -3.61. The first-order valence-corrected chi connectivity index (χ1v) is 12.1. The Labute approximate surface area is 180 Å². The Bertz CT molecular complexity index is 1150. The minimum Gasteiger partial charge on any atom is -0.335 e. The molecule has 3 aromatic rings. The Morgan fingerprint density at radius 1 is 1.07 bits per heavy atom. The number of rotatable bonds is 4. The number of thiophene rings is 1. The smallest absolute Gasteiger partial charge is 0.265 e. The SMILES string of the molecule is O=C(c1cnc(-c2ccccc2F)s1)N1CCN(S(=O)(=O)c2ccc(Cl)s2)CC1. The summed E-state index contributed by atoms with van der Waals surface area (Å²) in [5.41, 5.74) is 0.349. The summed E-state index contributed by atoms with van der Waals surface area (Å²) in [6.45, 7) is 0.930. The van der Waals surface area contributed by atoms with E-state index in [2.05, 4.69) is 4.98 Å². The van der Waals surface area contributed by atoms with Crippen LogP contribution in [0, 0.1) is 5.82 Å². The van der Waals surface area contributed by atoms with Gasteiger partial charge < -0.3 is 4.90 Å². The molecule has 0 radical (unpaired) electrons. The maximum Gasteiger partial charge on any atom is 0.265 e.